The highest BCUT2D eigenvalue weighted by atomic mass is 32.2. The lowest BCUT2D eigenvalue weighted by Crippen LogP contribution is -2.47. The molecule has 1 fully saturated rings. The van der Waals surface area contributed by atoms with E-state index in [9.17, 15) is 26.6 Å². The van der Waals surface area contributed by atoms with Crippen LogP contribution >= 0.6 is 0 Å². The third-order valence-corrected chi connectivity index (χ3v) is 8.38. The number of hydrogen-bond donors (Lipinski definition) is 1. The average Bonchev–Trinajstić information content (AvgIpc) is 3.09. The van der Waals surface area contributed by atoms with E-state index in [1.165, 1.54) is 51.5 Å². The molecule has 1 saturated heterocycles. The van der Waals surface area contributed by atoms with E-state index in [-0.39, 0.29) is 34.2 Å². The van der Waals surface area contributed by atoms with Crippen molar-refractivity contribution in [3.05, 3.63) is 47.4 Å². The standard InChI is InChI=1S/C24H29F4N3O4S/c1-7-34-20-13(2)17(25)9-8-16(20)19-14(3)23(4,24(26,27)28)35-21(19)22(32)31-15-10-11-30-18(12-15)36(6,33)29-5/h8-12,14,19,21H,7H2,1-6H3,(H,30,31,32)/t14-,19-,21+,23+,36+/m0/s1. The van der Waals surface area contributed by atoms with Crippen molar-refractivity contribution >= 4 is 21.3 Å². The first-order valence-electron chi connectivity index (χ1n) is 11.2. The molecular weight excluding hydrogens is 502 g/mol. The van der Waals surface area contributed by atoms with Gasteiger partial charge in [0.05, 0.1) is 16.3 Å². The van der Waals surface area contributed by atoms with E-state index in [0.29, 0.717) is 0 Å². The molecule has 1 N–H and O–H groups in total. The monoisotopic (exact) mass is 531 g/mol. The molecule has 1 aromatic carbocycles. The fourth-order valence-electron chi connectivity index (χ4n) is 4.31. The molecule has 198 valence electrons. The molecule has 0 bridgehead atoms. The number of hydrogen-bond acceptors (Lipinski definition) is 6. The van der Waals surface area contributed by atoms with E-state index in [2.05, 4.69) is 14.7 Å². The van der Waals surface area contributed by atoms with Gasteiger partial charge in [0, 0.05) is 48.2 Å². The van der Waals surface area contributed by atoms with Gasteiger partial charge in [0.15, 0.2) is 5.60 Å². The topological polar surface area (TPSA) is 89.9 Å². The molecular formula is C24H29F4N3O4S. The Kier molecular flexibility index (Phi) is 7.71. The summed E-state index contributed by atoms with van der Waals surface area (Å²) in [4.78, 5) is 17.4. The Morgan fingerprint density at radius 1 is 1.33 bits per heavy atom. The zero-order valence-electron chi connectivity index (χ0n) is 20.8. The van der Waals surface area contributed by atoms with Gasteiger partial charge in [-0.25, -0.2) is 17.9 Å². The van der Waals surface area contributed by atoms with Crippen LogP contribution in [0.1, 0.15) is 37.8 Å². The zero-order chi connectivity index (χ0) is 27.1. The van der Waals surface area contributed by atoms with Crippen LogP contribution in [0.4, 0.5) is 23.2 Å². The van der Waals surface area contributed by atoms with Crippen LogP contribution in [0.3, 0.4) is 0 Å². The molecule has 0 spiro atoms. The number of amides is 1. The summed E-state index contributed by atoms with van der Waals surface area (Å²) in [6, 6.07) is 5.23. The van der Waals surface area contributed by atoms with Crippen molar-refractivity contribution < 1.29 is 36.0 Å². The van der Waals surface area contributed by atoms with Crippen LogP contribution in [0.5, 0.6) is 5.75 Å². The molecule has 2 aromatic rings. The number of pyridine rings is 1. The number of nitrogens with one attached hydrogen (secondary N) is 1. The fraction of sp³-hybridized carbons (Fsp3) is 0.500. The SMILES string of the molecule is CCOc1c([C@H]2[C@H](C(=O)Nc3ccnc([S@@](C)(=O)=NC)c3)O[C@@](C)(C(F)(F)F)[C@H]2C)ccc(F)c1C. The maximum atomic E-state index is 14.3. The number of halogens is 4. The van der Waals surface area contributed by atoms with Gasteiger partial charge in [0.1, 0.15) is 22.7 Å². The number of carbonyl (C=O) groups excluding carboxylic acids is 1. The fourth-order valence-corrected chi connectivity index (χ4v) is 5.10. The summed E-state index contributed by atoms with van der Waals surface area (Å²) in [5, 5.41) is 2.66. The Balaban J connectivity index is 2.09. The van der Waals surface area contributed by atoms with Crippen molar-refractivity contribution in [1.29, 1.82) is 0 Å². The van der Waals surface area contributed by atoms with Crippen molar-refractivity contribution in [3.63, 3.8) is 0 Å². The summed E-state index contributed by atoms with van der Waals surface area (Å²) in [7, 11) is -1.45. The van der Waals surface area contributed by atoms with Crippen LogP contribution in [0.2, 0.25) is 0 Å². The van der Waals surface area contributed by atoms with Crippen molar-refractivity contribution in [2.45, 2.75) is 56.5 Å². The van der Waals surface area contributed by atoms with Gasteiger partial charge in [-0.15, -0.1) is 0 Å². The smallest absolute Gasteiger partial charge is 0.417 e. The third-order valence-electron chi connectivity index (χ3n) is 6.68. The molecule has 5 atom stereocenters. The molecule has 3 rings (SSSR count). The summed E-state index contributed by atoms with van der Waals surface area (Å²) in [5.74, 6) is -3.68. The second kappa shape index (κ2) is 9.97. The number of anilines is 1. The molecule has 0 unspecified atom stereocenters. The number of benzene rings is 1. The van der Waals surface area contributed by atoms with Crippen LogP contribution in [0.15, 0.2) is 39.9 Å². The summed E-state index contributed by atoms with van der Waals surface area (Å²) >= 11 is 0. The maximum Gasteiger partial charge on any atom is 0.417 e. The van der Waals surface area contributed by atoms with Gasteiger partial charge in [0.25, 0.3) is 5.91 Å². The van der Waals surface area contributed by atoms with E-state index in [4.69, 9.17) is 9.47 Å². The summed E-state index contributed by atoms with van der Waals surface area (Å²) in [6.45, 7) is 5.52. The molecule has 0 saturated carbocycles. The van der Waals surface area contributed by atoms with Crippen molar-refractivity contribution in [2.75, 3.05) is 25.2 Å². The summed E-state index contributed by atoms with van der Waals surface area (Å²) in [6.07, 6.45) is -3.69. The van der Waals surface area contributed by atoms with Gasteiger partial charge >= 0.3 is 6.18 Å². The third kappa shape index (κ3) is 4.93. The molecule has 0 radical (unpaired) electrons. The lowest BCUT2D eigenvalue weighted by Gasteiger charge is -2.32. The second-order valence-corrected chi connectivity index (χ2v) is 11.2. The highest BCUT2D eigenvalue weighted by molar-refractivity contribution is 7.92. The van der Waals surface area contributed by atoms with Crippen LogP contribution in [0, 0.1) is 18.7 Å². The molecule has 36 heavy (non-hydrogen) atoms. The predicted octanol–water partition coefficient (Wildman–Crippen LogP) is 5.09. The average molecular weight is 532 g/mol. The quantitative estimate of drug-likeness (QED) is 0.525. The van der Waals surface area contributed by atoms with Crippen LogP contribution in [-0.2, 0) is 19.3 Å². The van der Waals surface area contributed by atoms with Gasteiger partial charge in [-0.3, -0.25) is 4.79 Å². The predicted molar refractivity (Wildman–Crippen MR) is 127 cm³/mol. The number of alkyl halides is 3. The Bertz CT molecular complexity index is 1280. The number of carbonyl (C=O) groups is 1. The van der Waals surface area contributed by atoms with Crippen LogP contribution in [-0.4, -0.2) is 52.9 Å². The van der Waals surface area contributed by atoms with Crippen LogP contribution < -0.4 is 10.1 Å². The second-order valence-electron chi connectivity index (χ2n) is 8.84. The van der Waals surface area contributed by atoms with E-state index >= 15 is 0 Å². The molecule has 7 nitrogen and oxygen atoms in total. The minimum Gasteiger partial charge on any atom is -0.493 e. The normalized spacial score (nSPS) is 25.8. The number of rotatable bonds is 6. The van der Waals surface area contributed by atoms with E-state index < -0.39 is 51.2 Å². The van der Waals surface area contributed by atoms with Gasteiger partial charge < -0.3 is 14.8 Å². The molecule has 2 heterocycles. The van der Waals surface area contributed by atoms with E-state index in [1.807, 2.05) is 0 Å². The van der Waals surface area contributed by atoms with E-state index in [0.717, 1.165) is 13.0 Å². The summed E-state index contributed by atoms with van der Waals surface area (Å²) < 4.78 is 84.2. The van der Waals surface area contributed by atoms with E-state index in [1.54, 1.807) is 6.92 Å². The Morgan fingerprint density at radius 2 is 2.00 bits per heavy atom. The first kappa shape index (κ1) is 27.9. The molecule has 1 aliphatic rings. The number of ether oxygens (including phenoxy) is 2. The van der Waals surface area contributed by atoms with Gasteiger partial charge in [0.2, 0.25) is 0 Å². The molecule has 0 aliphatic carbocycles. The van der Waals surface area contributed by atoms with Gasteiger partial charge in [-0.05, 0) is 39.0 Å². The maximum absolute atomic E-state index is 14.3. The lowest BCUT2D eigenvalue weighted by molar-refractivity contribution is -0.272. The van der Waals surface area contributed by atoms with Crippen molar-refractivity contribution in [1.82, 2.24) is 4.98 Å². The summed E-state index contributed by atoms with van der Waals surface area (Å²) in [5.41, 5.74) is -2.12. The minimum atomic E-state index is -4.79. The number of nitrogens with zero attached hydrogens (tertiary/aromatic N) is 2. The molecule has 1 amide bonds. The van der Waals surface area contributed by atoms with Crippen molar-refractivity contribution in [2.24, 2.45) is 10.3 Å². The van der Waals surface area contributed by atoms with Gasteiger partial charge in [-0.2, -0.15) is 13.2 Å². The molecule has 1 aliphatic heterocycles. The Hall–Kier alpha value is -2.73. The Labute approximate surface area is 207 Å². The first-order valence-corrected chi connectivity index (χ1v) is 13.1. The largest absolute Gasteiger partial charge is 0.493 e. The highest BCUT2D eigenvalue weighted by Gasteiger charge is 2.65. The Morgan fingerprint density at radius 3 is 2.58 bits per heavy atom. The van der Waals surface area contributed by atoms with Crippen molar-refractivity contribution in [3.8, 4) is 5.75 Å². The zero-order valence-corrected chi connectivity index (χ0v) is 21.6. The molecule has 12 heteroatoms. The van der Waals surface area contributed by atoms with Crippen LogP contribution in [0.25, 0.3) is 0 Å². The molecule has 1 aromatic heterocycles. The first-order chi connectivity index (χ1) is 16.7. The number of aromatic nitrogens is 1. The highest BCUT2D eigenvalue weighted by Crippen LogP contribution is 2.55. The lowest BCUT2D eigenvalue weighted by atomic mass is 9.76. The van der Waals surface area contributed by atoms with Gasteiger partial charge in [-0.1, -0.05) is 13.0 Å². The minimum absolute atomic E-state index is 0.0867.